The molecular formula is C30H62O2. The monoisotopic (exact) mass is 454 g/mol. The highest BCUT2D eigenvalue weighted by molar-refractivity contribution is 4.51. The van der Waals surface area contributed by atoms with Crippen molar-refractivity contribution in [2.75, 3.05) is 19.8 Å². The second kappa shape index (κ2) is 30.9. The van der Waals surface area contributed by atoms with Crippen LogP contribution in [0.5, 0.6) is 0 Å². The molecule has 0 heterocycles. The lowest BCUT2D eigenvalue weighted by atomic mass is 10.0. The number of rotatable bonds is 29. The number of hydrogen-bond acceptors (Lipinski definition) is 2. The fraction of sp³-hybridized carbons (Fsp3) is 1.00. The first-order chi connectivity index (χ1) is 15.9. The van der Waals surface area contributed by atoms with Gasteiger partial charge >= 0.3 is 0 Å². The molecule has 194 valence electrons. The van der Waals surface area contributed by atoms with E-state index < -0.39 is 0 Å². The molecule has 0 amide bonds. The highest BCUT2D eigenvalue weighted by atomic mass is 16.5. The maximum Gasteiger partial charge on any atom is 0.0466 e. The molecule has 0 atom stereocenters. The largest absolute Gasteiger partial charge is 0.396 e. The Kier molecular flexibility index (Phi) is 30.8. The van der Waals surface area contributed by atoms with Gasteiger partial charge in [-0.05, 0) is 19.3 Å². The van der Waals surface area contributed by atoms with E-state index in [2.05, 4.69) is 6.92 Å². The lowest BCUT2D eigenvalue weighted by molar-refractivity contribution is 0.125. The van der Waals surface area contributed by atoms with Crippen LogP contribution in [0.25, 0.3) is 0 Å². The quantitative estimate of drug-likeness (QED) is 0.114. The van der Waals surface area contributed by atoms with E-state index in [1.54, 1.807) is 0 Å². The SMILES string of the molecule is CCCCCCCCCCCCCCOCCCCCCCCCCCCCCCCO. The van der Waals surface area contributed by atoms with Crippen LogP contribution >= 0.6 is 0 Å². The number of ether oxygens (including phenoxy) is 1. The minimum absolute atomic E-state index is 0.368. The van der Waals surface area contributed by atoms with Crippen molar-refractivity contribution < 1.29 is 9.84 Å². The predicted molar refractivity (Wildman–Crippen MR) is 144 cm³/mol. The standard InChI is InChI=1S/C30H62O2/c1-2-3-4-5-6-7-8-14-17-20-23-26-29-32-30-27-24-21-18-15-12-10-9-11-13-16-19-22-25-28-31/h31H,2-30H2,1H3. The van der Waals surface area contributed by atoms with Crippen molar-refractivity contribution in [3.8, 4) is 0 Å². The van der Waals surface area contributed by atoms with Crippen LogP contribution in [0.3, 0.4) is 0 Å². The molecule has 0 aromatic heterocycles. The van der Waals surface area contributed by atoms with Gasteiger partial charge in [0.15, 0.2) is 0 Å². The second-order valence-electron chi connectivity index (χ2n) is 10.2. The van der Waals surface area contributed by atoms with Gasteiger partial charge in [0.1, 0.15) is 0 Å². The average molecular weight is 455 g/mol. The van der Waals surface area contributed by atoms with Crippen molar-refractivity contribution in [1.29, 1.82) is 0 Å². The summed E-state index contributed by atoms with van der Waals surface area (Å²) in [5.41, 5.74) is 0. The fourth-order valence-corrected chi connectivity index (χ4v) is 4.58. The van der Waals surface area contributed by atoms with Gasteiger partial charge in [-0.3, -0.25) is 0 Å². The van der Waals surface area contributed by atoms with Crippen LogP contribution in [0.4, 0.5) is 0 Å². The Morgan fingerprint density at radius 1 is 0.344 bits per heavy atom. The number of aliphatic hydroxyl groups excluding tert-OH is 1. The summed E-state index contributed by atoms with van der Waals surface area (Å²) in [6, 6.07) is 0. The van der Waals surface area contributed by atoms with Gasteiger partial charge < -0.3 is 9.84 Å². The molecule has 2 heteroatoms. The van der Waals surface area contributed by atoms with Gasteiger partial charge in [0.25, 0.3) is 0 Å². The predicted octanol–water partition coefficient (Wildman–Crippen LogP) is 10.2. The Hall–Kier alpha value is -0.0800. The summed E-state index contributed by atoms with van der Waals surface area (Å²) >= 11 is 0. The van der Waals surface area contributed by atoms with Crippen LogP contribution in [-0.4, -0.2) is 24.9 Å². The summed E-state index contributed by atoms with van der Waals surface area (Å²) in [5.74, 6) is 0. The molecule has 0 rings (SSSR count). The molecule has 0 bridgehead atoms. The number of hydrogen-bond donors (Lipinski definition) is 1. The molecular weight excluding hydrogens is 392 g/mol. The molecule has 0 spiro atoms. The third-order valence-corrected chi connectivity index (χ3v) is 6.84. The van der Waals surface area contributed by atoms with Crippen LogP contribution in [0.1, 0.15) is 174 Å². The van der Waals surface area contributed by atoms with Crippen LogP contribution < -0.4 is 0 Å². The summed E-state index contributed by atoms with van der Waals surface area (Å²) in [6.07, 6.45) is 35.8. The van der Waals surface area contributed by atoms with E-state index in [-0.39, 0.29) is 0 Å². The van der Waals surface area contributed by atoms with Gasteiger partial charge in [-0.25, -0.2) is 0 Å². The Balaban J connectivity index is 2.98. The first-order valence-corrected chi connectivity index (χ1v) is 15.1. The van der Waals surface area contributed by atoms with E-state index in [0.29, 0.717) is 6.61 Å². The van der Waals surface area contributed by atoms with Gasteiger partial charge in [0.2, 0.25) is 0 Å². The number of aliphatic hydroxyl groups is 1. The molecule has 0 saturated carbocycles. The highest BCUT2D eigenvalue weighted by Gasteiger charge is 1.96. The van der Waals surface area contributed by atoms with E-state index >= 15 is 0 Å². The first-order valence-electron chi connectivity index (χ1n) is 15.1. The molecule has 2 nitrogen and oxygen atoms in total. The summed E-state index contributed by atoms with van der Waals surface area (Å²) in [7, 11) is 0. The van der Waals surface area contributed by atoms with Crippen molar-refractivity contribution in [2.24, 2.45) is 0 Å². The van der Waals surface area contributed by atoms with Crippen molar-refractivity contribution >= 4 is 0 Å². The lowest BCUT2D eigenvalue weighted by Crippen LogP contribution is -1.97. The molecule has 0 aliphatic carbocycles. The zero-order valence-corrected chi connectivity index (χ0v) is 22.4. The molecule has 0 fully saturated rings. The summed E-state index contributed by atoms with van der Waals surface area (Å²) in [4.78, 5) is 0. The van der Waals surface area contributed by atoms with E-state index in [0.717, 1.165) is 19.6 Å². The maximum absolute atomic E-state index is 8.76. The maximum atomic E-state index is 8.76. The van der Waals surface area contributed by atoms with Crippen LogP contribution in [0, 0.1) is 0 Å². The van der Waals surface area contributed by atoms with Crippen LogP contribution in [-0.2, 0) is 4.74 Å². The molecule has 0 aliphatic heterocycles. The molecule has 0 aliphatic rings. The second-order valence-corrected chi connectivity index (χ2v) is 10.2. The Labute approximate surface area is 203 Å². The van der Waals surface area contributed by atoms with Crippen LogP contribution in [0.15, 0.2) is 0 Å². The minimum atomic E-state index is 0.368. The van der Waals surface area contributed by atoms with Crippen molar-refractivity contribution in [3.05, 3.63) is 0 Å². The smallest absolute Gasteiger partial charge is 0.0466 e. The Morgan fingerprint density at radius 2 is 0.594 bits per heavy atom. The van der Waals surface area contributed by atoms with E-state index in [9.17, 15) is 0 Å². The summed E-state index contributed by atoms with van der Waals surface area (Å²) in [6.45, 7) is 4.63. The van der Waals surface area contributed by atoms with Crippen molar-refractivity contribution in [2.45, 2.75) is 174 Å². The van der Waals surface area contributed by atoms with Gasteiger partial charge in [-0.15, -0.1) is 0 Å². The molecule has 0 aromatic rings. The normalized spacial score (nSPS) is 11.4. The summed E-state index contributed by atoms with van der Waals surface area (Å²) in [5, 5.41) is 8.76. The van der Waals surface area contributed by atoms with E-state index in [1.165, 1.54) is 161 Å². The van der Waals surface area contributed by atoms with E-state index in [4.69, 9.17) is 9.84 Å². The van der Waals surface area contributed by atoms with E-state index in [1.807, 2.05) is 0 Å². The topological polar surface area (TPSA) is 29.5 Å². The third-order valence-electron chi connectivity index (χ3n) is 6.84. The lowest BCUT2D eigenvalue weighted by Gasteiger charge is -2.05. The summed E-state index contributed by atoms with van der Waals surface area (Å²) < 4.78 is 5.83. The molecule has 0 aromatic carbocycles. The zero-order valence-electron chi connectivity index (χ0n) is 22.4. The molecule has 32 heavy (non-hydrogen) atoms. The first kappa shape index (κ1) is 31.9. The third kappa shape index (κ3) is 29.9. The van der Waals surface area contributed by atoms with Gasteiger partial charge in [0, 0.05) is 19.8 Å². The molecule has 0 saturated heterocycles. The van der Waals surface area contributed by atoms with Crippen molar-refractivity contribution in [1.82, 2.24) is 0 Å². The molecule has 0 unspecified atom stereocenters. The Morgan fingerprint density at radius 3 is 0.875 bits per heavy atom. The minimum Gasteiger partial charge on any atom is -0.396 e. The number of unbranched alkanes of at least 4 members (excludes halogenated alkanes) is 24. The highest BCUT2D eigenvalue weighted by Crippen LogP contribution is 2.14. The van der Waals surface area contributed by atoms with Gasteiger partial charge in [-0.2, -0.15) is 0 Å². The fourth-order valence-electron chi connectivity index (χ4n) is 4.58. The van der Waals surface area contributed by atoms with Crippen LogP contribution in [0.2, 0.25) is 0 Å². The van der Waals surface area contributed by atoms with Gasteiger partial charge in [0.05, 0.1) is 0 Å². The van der Waals surface area contributed by atoms with Gasteiger partial charge in [-0.1, -0.05) is 155 Å². The Bertz CT molecular complexity index is 275. The average Bonchev–Trinajstić information content (AvgIpc) is 2.81. The van der Waals surface area contributed by atoms with Crippen molar-refractivity contribution in [3.63, 3.8) is 0 Å². The molecule has 0 radical (unpaired) electrons. The zero-order chi connectivity index (χ0) is 23.2. The molecule has 1 N–H and O–H groups in total.